The molecule has 0 unspecified atom stereocenters. The first-order valence-corrected chi connectivity index (χ1v) is 5.58. The largest absolute Gasteiger partial charge is 0.383 e. The molecule has 0 aliphatic heterocycles. The molecule has 5 heteroatoms. The number of rotatable bonds is 2. The number of anilines is 1. The number of aryl methyl sites for hydroxylation is 1. The van der Waals surface area contributed by atoms with Gasteiger partial charge >= 0.3 is 0 Å². The Bertz CT molecular complexity index is 582. The number of nitrogen functional groups attached to an aromatic ring is 1. The van der Waals surface area contributed by atoms with Gasteiger partial charge in [0.25, 0.3) is 0 Å². The van der Waals surface area contributed by atoms with Gasteiger partial charge in [-0.15, -0.1) is 0 Å². The molecular weight excluding hydrogens is 236 g/mol. The van der Waals surface area contributed by atoms with E-state index < -0.39 is 11.5 Å². The molecule has 0 atom stereocenters. The molecule has 96 valence electrons. The molecule has 1 heterocycles. The van der Waals surface area contributed by atoms with Crippen LogP contribution >= 0.6 is 0 Å². The van der Waals surface area contributed by atoms with Crippen molar-refractivity contribution in [3.8, 4) is 11.1 Å². The van der Waals surface area contributed by atoms with Crippen molar-refractivity contribution in [1.29, 1.82) is 0 Å². The Morgan fingerprint density at radius 1 is 1.28 bits per heavy atom. The van der Waals surface area contributed by atoms with Gasteiger partial charge in [-0.25, -0.2) is 8.78 Å². The van der Waals surface area contributed by atoms with E-state index in [4.69, 9.17) is 5.73 Å². The van der Waals surface area contributed by atoms with Crippen molar-refractivity contribution in [3.63, 3.8) is 0 Å². The minimum atomic E-state index is -1.79. The van der Waals surface area contributed by atoms with E-state index in [0.717, 1.165) is 0 Å². The number of halogens is 2. The first-order valence-electron chi connectivity index (χ1n) is 5.58. The summed E-state index contributed by atoms with van der Waals surface area (Å²) in [6, 6.07) is 4.42. The number of alkyl halides is 1. The van der Waals surface area contributed by atoms with E-state index in [1.54, 1.807) is 13.1 Å². The molecule has 0 spiro atoms. The molecule has 0 aliphatic carbocycles. The summed E-state index contributed by atoms with van der Waals surface area (Å²) in [6.45, 7) is 2.64. The van der Waals surface area contributed by atoms with Crippen LogP contribution in [-0.2, 0) is 12.7 Å². The lowest BCUT2D eigenvalue weighted by Crippen LogP contribution is -2.13. The van der Waals surface area contributed by atoms with Crippen LogP contribution in [0.25, 0.3) is 11.1 Å². The van der Waals surface area contributed by atoms with Crippen molar-refractivity contribution in [2.24, 2.45) is 7.05 Å². The summed E-state index contributed by atoms with van der Waals surface area (Å²) in [4.78, 5) is 0. The Balaban J connectivity index is 2.73. The molecule has 0 radical (unpaired) electrons. The van der Waals surface area contributed by atoms with Crippen LogP contribution < -0.4 is 5.73 Å². The second kappa shape index (κ2) is 4.08. The Hall–Kier alpha value is -1.91. The highest BCUT2D eigenvalue weighted by atomic mass is 19.1. The van der Waals surface area contributed by atoms with E-state index in [-0.39, 0.29) is 5.56 Å². The third kappa shape index (κ3) is 1.96. The van der Waals surface area contributed by atoms with Crippen LogP contribution in [0.15, 0.2) is 24.4 Å². The van der Waals surface area contributed by atoms with E-state index in [1.807, 2.05) is 0 Å². The number of nitrogens with two attached hydrogens (primary N) is 1. The number of aromatic nitrogens is 2. The monoisotopic (exact) mass is 251 g/mol. The number of hydrogen-bond acceptors (Lipinski definition) is 2. The van der Waals surface area contributed by atoms with Crippen LogP contribution in [0.4, 0.5) is 14.6 Å². The third-order valence-corrected chi connectivity index (χ3v) is 2.88. The average molecular weight is 251 g/mol. The van der Waals surface area contributed by atoms with Gasteiger partial charge in [-0.05, 0) is 25.5 Å². The van der Waals surface area contributed by atoms with Gasteiger partial charge in [0.2, 0.25) is 0 Å². The zero-order chi connectivity index (χ0) is 13.5. The Morgan fingerprint density at radius 2 is 1.94 bits per heavy atom. The van der Waals surface area contributed by atoms with E-state index >= 15 is 0 Å². The van der Waals surface area contributed by atoms with Crippen molar-refractivity contribution in [3.05, 3.63) is 35.8 Å². The summed E-state index contributed by atoms with van der Waals surface area (Å²) in [7, 11) is 1.68. The highest BCUT2D eigenvalue weighted by Crippen LogP contribution is 2.37. The topological polar surface area (TPSA) is 43.8 Å². The van der Waals surface area contributed by atoms with Crippen molar-refractivity contribution in [2.45, 2.75) is 19.5 Å². The van der Waals surface area contributed by atoms with Crippen LogP contribution in [0.3, 0.4) is 0 Å². The molecule has 0 fully saturated rings. The minimum absolute atomic E-state index is 0.00435. The zero-order valence-electron chi connectivity index (χ0n) is 10.5. The standard InChI is InChI=1S/C13H15F2N3/c1-13(2,15)11-8(5-4-6-10(11)14)9-7-17-18(3)12(9)16/h4-7H,16H2,1-3H3. The van der Waals surface area contributed by atoms with Gasteiger partial charge in [-0.1, -0.05) is 12.1 Å². The van der Waals surface area contributed by atoms with Crippen LogP contribution in [0, 0.1) is 5.82 Å². The van der Waals surface area contributed by atoms with Gasteiger partial charge in [0.1, 0.15) is 17.3 Å². The second-order valence-electron chi connectivity index (χ2n) is 4.70. The molecular formula is C13H15F2N3. The Morgan fingerprint density at radius 3 is 2.44 bits per heavy atom. The van der Waals surface area contributed by atoms with Crippen LogP contribution in [0.2, 0.25) is 0 Å². The predicted molar refractivity (Wildman–Crippen MR) is 67.1 cm³/mol. The highest BCUT2D eigenvalue weighted by molar-refractivity contribution is 5.76. The normalized spacial score (nSPS) is 11.8. The van der Waals surface area contributed by atoms with Crippen molar-refractivity contribution in [1.82, 2.24) is 9.78 Å². The van der Waals surface area contributed by atoms with Crippen molar-refractivity contribution >= 4 is 5.82 Å². The van der Waals surface area contributed by atoms with Crippen molar-refractivity contribution in [2.75, 3.05) is 5.73 Å². The van der Waals surface area contributed by atoms with Crippen LogP contribution in [0.1, 0.15) is 19.4 Å². The molecule has 1 aromatic heterocycles. The lowest BCUT2D eigenvalue weighted by molar-refractivity contribution is 0.215. The Kier molecular flexibility index (Phi) is 2.84. The SMILES string of the molecule is Cn1ncc(-c2cccc(F)c2C(C)(C)F)c1N. The lowest BCUT2D eigenvalue weighted by atomic mass is 9.91. The molecule has 1 aromatic carbocycles. The van der Waals surface area contributed by atoms with Crippen molar-refractivity contribution < 1.29 is 8.78 Å². The first-order chi connectivity index (χ1) is 8.32. The van der Waals surface area contributed by atoms with Gasteiger partial charge in [-0.3, -0.25) is 4.68 Å². The summed E-state index contributed by atoms with van der Waals surface area (Å²) >= 11 is 0. The fourth-order valence-corrected chi connectivity index (χ4v) is 2.01. The Labute approximate surface area is 104 Å². The molecule has 0 saturated carbocycles. The maximum Gasteiger partial charge on any atom is 0.133 e. The molecule has 18 heavy (non-hydrogen) atoms. The number of nitrogens with zero attached hydrogens (tertiary/aromatic N) is 2. The van der Waals surface area contributed by atoms with Gasteiger partial charge in [0.05, 0.1) is 6.20 Å². The molecule has 0 saturated heterocycles. The first kappa shape index (κ1) is 12.5. The van der Waals surface area contributed by atoms with Crippen LogP contribution in [0.5, 0.6) is 0 Å². The third-order valence-electron chi connectivity index (χ3n) is 2.88. The maximum atomic E-state index is 14.2. The summed E-state index contributed by atoms with van der Waals surface area (Å²) < 4.78 is 29.5. The summed E-state index contributed by atoms with van der Waals surface area (Å²) in [5.41, 5.74) is 5.05. The van der Waals surface area contributed by atoms with Gasteiger partial charge in [-0.2, -0.15) is 5.10 Å². The molecule has 0 aliphatic rings. The highest BCUT2D eigenvalue weighted by Gasteiger charge is 2.28. The fraction of sp³-hybridized carbons (Fsp3) is 0.308. The predicted octanol–water partition coefficient (Wildman–Crippen LogP) is 3.01. The molecule has 2 aromatic rings. The van der Waals surface area contributed by atoms with E-state index in [0.29, 0.717) is 16.9 Å². The van der Waals surface area contributed by atoms with Gasteiger partial charge < -0.3 is 5.73 Å². The minimum Gasteiger partial charge on any atom is -0.383 e. The van der Waals surface area contributed by atoms with Gasteiger partial charge in [0, 0.05) is 18.2 Å². The summed E-state index contributed by atoms with van der Waals surface area (Å²) in [5.74, 6) is -0.200. The van der Waals surface area contributed by atoms with E-state index in [9.17, 15) is 8.78 Å². The average Bonchev–Trinajstić information content (AvgIpc) is 2.57. The zero-order valence-corrected chi connectivity index (χ0v) is 10.5. The summed E-state index contributed by atoms with van der Waals surface area (Å²) in [6.07, 6.45) is 1.51. The second-order valence-corrected chi connectivity index (χ2v) is 4.70. The smallest absolute Gasteiger partial charge is 0.133 e. The maximum absolute atomic E-state index is 14.2. The van der Waals surface area contributed by atoms with Crippen LogP contribution in [-0.4, -0.2) is 9.78 Å². The van der Waals surface area contributed by atoms with Gasteiger partial charge in [0.15, 0.2) is 0 Å². The molecule has 0 bridgehead atoms. The molecule has 2 rings (SSSR count). The fourth-order valence-electron chi connectivity index (χ4n) is 2.01. The molecule has 0 amide bonds. The molecule has 3 nitrogen and oxygen atoms in total. The van der Waals surface area contributed by atoms with E-state index in [2.05, 4.69) is 5.10 Å². The summed E-state index contributed by atoms with van der Waals surface area (Å²) in [5, 5.41) is 3.99. The van der Waals surface area contributed by atoms with E-state index in [1.165, 1.54) is 36.9 Å². The number of hydrogen-bond donors (Lipinski definition) is 1. The lowest BCUT2D eigenvalue weighted by Gasteiger charge is -2.19. The quantitative estimate of drug-likeness (QED) is 0.891. The molecule has 2 N–H and O–H groups in total. The number of benzene rings is 1.